The molecule has 0 bridgehead atoms. The molecule has 5 heteroatoms. The van der Waals surface area contributed by atoms with Gasteiger partial charge in [-0.2, -0.15) is 0 Å². The lowest BCUT2D eigenvalue weighted by molar-refractivity contribution is -0.116. The molecule has 1 amide bonds. The maximum atomic E-state index is 12.4. The Balaban J connectivity index is 1.89. The van der Waals surface area contributed by atoms with Gasteiger partial charge in [-0.15, -0.1) is 0 Å². The Bertz CT molecular complexity index is 963. The summed E-state index contributed by atoms with van der Waals surface area (Å²) in [5.41, 5.74) is 2.48. The molecule has 4 nitrogen and oxygen atoms in total. The molecule has 0 unspecified atom stereocenters. The summed E-state index contributed by atoms with van der Waals surface area (Å²) in [5.74, 6) is -0.143. The van der Waals surface area contributed by atoms with Gasteiger partial charge in [-0.3, -0.25) is 9.59 Å². The van der Waals surface area contributed by atoms with Crippen LogP contribution in [0.1, 0.15) is 12.5 Å². The van der Waals surface area contributed by atoms with Crippen molar-refractivity contribution in [2.45, 2.75) is 19.9 Å². The van der Waals surface area contributed by atoms with Crippen molar-refractivity contribution >= 4 is 34.1 Å². The van der Waals surface area contributed by atoms with Crippen LogP contribution in [0.25, 0.3) is 10.9 Å². The van der Waals surface area contributed by atoms with Gasteiger partial charge in [0, 0.05) is 28.4 Å². The van der Waals surface area contributed by atoms with Gasteiger partial charge in [-0.05, 0) is 36.2 Å². The van der Waals surface area contributed by atoms with Crippen LogP contribution in [0, 0.1) is 0 Å². The standard InChI is InChI=1S/C19H17ClN2O2/c1-2-13-5-3-4-6-16(13)21-19(24)12-22-10-9-18(23)15-11-14(20)7-8-17(15)22/h3-11H,2,12H2,1H3,(H,21,24). The number of para-hydroxylation sites is 1. The van der Waals surface area contributed by atoms with E-state index in [1.54, 1.807) is 29.0 Å². The molecule has 0 spiro atoms. The summed E-state index contributed by atoms with van der Waals surface area (Å²) in [6.07, 6.45) is 2.47. The van der Waals surface area contributed by atoms with Gasteiger partial charge in [-0.1, -0.05) is 36.7 Å². The van der Waals surface area contributed by atoms with Crippen LogP contribution in [-0.2, 0) is 17.8 Å². The lowest BCUT2D eigenvalue weighted by Crippen LogP contribution is -2.21. The highest BCUT2D eigenvalue weighted by Gasteiger charge is 2.09. The first-order chi connectivity index (χ1) is 11.6. The van der Waals surface area contributed by atoms with E-state index in [1.165, 1.54) is 6.07 Å². The Morgan fingerprint density at radius 3 is 2.75 bits per heavy atom. The van der Waals surface area contributed by atoms with Crippen molar-refractivity contribution in [3.05, 3.63) is 75.5 Å². The number of carbonyl (C=O) groups excluding carboxylic acids is 1. The van der Waals surface area contributed by atoms with E-state index in [0.717, 1.165) is 17.7 Å². The topological polar surface area (TPSA) is 51.1 Å². The highest BCUT2D eigenvalue weighted by atomic mass is 35.5. The fourth-order valence-corrected chi connectivity index (χ4v) is 2.89. The third kappa shape index (κ3) is 3.34. The predicted molar refractivity (Wildman–Crippen MR) is 97.7 cm³/mol. The number of pyridine rings is 1. The number of nitrogens with one attached hydrogen (secondary N) is 1. The first kappa shape index (κ1) is 16.3. The van der Waals surface area contributed by atoms with Gasteiger partial charge in [0.15, 0.2) is 5.43 Å². The van der Waals surface area contributed by atoms with Crippen molar-refractivity contribution in [1.29, 1.82) is 0 Å². The van der Waals surface area contributed by atoms with E-state index < -0.39 is 0 Å². The van der Waals surface area contributed by atoms with E-state index in [-0.39, 0.29) is 17.9 Å². The van der Waals surface area contributed by atoms with Gasteiger partial charge in [0.25, 0.3) is 0 Å². The van der Waals surface area contributed by atoms with Crippen LogP contribution in [0.2, 0.25) is 5.02 Å². The minimum Gasteiger partial charge on any atom is -0.338 e. The number of hydrogen-bond acceptors (Lipinski definition) is 2. The third-order valence-electron chi connectivity index (χ3n) is 3.93. The molecule has 0 saturated heterocycles. The summed E-state index contributed by atoms with van der Waals surface area (Å²) in [5, 5.41) is 3.94. The normalized spacial score (nSPS) is 10.8. The fraction of sp³-hybridized carbons (Fsp3) is 0.158. The maximum absolute atomic E-state index is 12.4. The maximum Gasteiger partial charge on any atom is 0.244 e. The van der Waals surface area contributed by atoms with Gasteiger partial charge >= 0.3 is 0 Å². The van der Waals surface area contributed by atoms with Crippen LogP contribution in [0.5, 0.6) is 0 Å². The Hall–Kier alpha value is -2.59. The molecule has 1 N–H and O–H groups in total. The molecule has 0 aliphatic rings. The lowest BCUT2D eigenvalue weighted by Gasteiger charge is -2.13. The number of hydrogen-bond donors (Lipinski definition) is 1. The summed E-state index contributed by atoms with van der Waals surface area (Å²) >= 11 is 5.96. The number of amides is 1. The van der Waals surface area contributed by atoms with Crippen LogP contribution in [0.4, 0.5) is 5.69 Å². The molecule has 1 heterocycles. The van der Waals surface area contributed by atoms with Crippen LogP contribution < -0.4 is 10.7 Å². The number of benzene rings is 2. The molecule has 3 rings (SSSR count). The number of aromatic nitrogens is 1. The number of nitrogens with zero attached hydrogens (tertiary/aromatic N) is 1. The highest BCUT2D eigenvalue weighted by Crippen LogP contribution is 2.18. The molecule has 1 aromatic heterocycles. The van der Waals surface area contributed by atoms with E-state index in [2.05, 4.69) is 5.32 Å². The minimum atomic E-state index is -0.143. The fourth-order valence-electron chi connectivity index (χ4n) is 2.72. The SMILES string of the molecule is CCc1ccccc1NC(=O)Cn1ccc(=O)c2cc(Cl)ccc21. The van der Waals surface area contributed by atoms with E-state index in [9.17, 15) is 9.59 Å². The van der Waals surface area contributed by atoms with E-state index in [1.807, 2.05) is 31.2 Å². The average Bonchev–Trinajstić information content (AvgIpc) is 2.58. The van der Waals surface area contributed by atoms with Crippen molar-refractivity contribution in [2.24, 2.45) is 0 Å². The number of halogens is 1. The van der Waals surface area contributed by atoms with Gasteiger partial charge < -0.3 is 9.88 Å². The van der Waals surface area contributed by atoms with Gasteiger partial charge in [0.1, 0.15) is 6.54 Å². The number of fused-ring (bicyclic) bond motifs is 1. The van der Waals surface area contributed by atoms with E-state index in [4.69, 9.17) is 11.6 Å². The van der Waals surface area contributed by atoms with Crippen LogP contribution in [0.3, 0.4) is 0 Å². The quantitative estimate of drug-likeness (QED) is 0.784. The minimum absolute atomic E-state index is 0.111. The first-order valence-corrected chi connectivity index (χ1v) is 8.12. The Morgan fingerprint density at radius 2 is 1.96 bits per heavy atom. The van der Waals surface area contributed by atoms with Crippen molar-refractivity contribution in [1.82, 2.24) is 4.57 Å². The third-order valence-corrected chi connectivity index (χ3v) is 4.16. The van der Waals surface area contributed by atoms with Crippen LogP contribution in [0.15, 0.2) is 59.5 Å². The Labute approximate surface area is 144 Å². The largest absolute Gasteiger partial charge is 0.338 e. The molecule has 0 fully saturated rings. The second kappa shape index (κ2) is 6.89. The summed E-state index contributed by atoms with van der Waals surface area (Å²) in [6, 6.07) is 14.3. The number of rotatable bonds is 4. The van der Waals surface area contributed by atoms with Crippen molar-refractivity contribution in [3.63, 3.8) is 0 Å². The summed E-state index contributed by atoms with van der Waals surface area (Å²) in [4.78, 5) is 24.4. The zero-order chi connectivity index (χ0) is 17.1. The second-order valence-electron chi connectivity index (χ2n) is 5.53. The zero-order valence-electron chi connectivity index (χ0n) is 13.3. The van der Waals surface area contributed by atoms with Crippen molar-refractivity contribution in [2.75, 3.05) is 5.32 Å². The Morgan fingerprint density at radius 1 is 1.17 bits per heavy atom. The van der Waals surface area contributed by atoms with Crippen LogP contribution in [-0.4, -0.2) is 10.5 Å². The number of carbonyl (C=O) groups is 1. The molecule has 0 aliphatic heterocycles. The van der Waals surface area contributed by atoms with Crippen LogP contribution >= 0.6 is 11.6 Å². The lowest BCUT2D eigenvalue weighted by atomic mass is 10.1. The summed E-state index contributed by atoms with van der Waals surface area (Å²) in [6.45, 7) is 2.17. The zero-order valence-corrected chi connectivity index (χ0v) is 14.0. The summed E-state index contributed by atoms with van der Waals surface area (Å²) in [7, 11) is 0. The molecule has 3 aromatic rings. The molecule has 24 heavy (non-hydrogen) atoms. The monoisotopic (exact) mass is 340 g/mol. The van der Waals surface area contributed by atoms with Crippen molar-refractivity contribution in [3.8, 4) is 0 Å². The first-order valence-electron chi connectivity index (χ1n) is 7.75. The number of aryl methyl sites for hydroxylation is 1. The molecule has 0 atom stereocenters. The molecule has 122 valence electrons. The van der Waals surface area contributed by atoms with E-state index >= 15 is 0 Å². The smallest absolute Gasteiger partial charge is 0.244 e. The molecular formula is C19H17ClN2O2. The molecule has 2 aromatic carbocycles. The van der Waals surface area contributed by atoms with Gasteiger partial charge in [0.05, 0.1) is 5.52 Å². The van der Waals surface area contributed by atoms with Crippen molar-refractivity contribution < 1.29 is 4.79 Å². The highest BCUT2D eigenvalue weighted by molar-refractivity contribution is 6.31. The predicted octanol–water partition coefficient (Wildman–Crippen LogP) is 3.86. The number of anilines is 1. The summed E-state index contributed by atoms with van der Waals surface area (Å²) < 4.78 is 1.75. The van der Waals surface area contributed by atoms with Gasteiger partial charge in [0.2, 0.25) is 5.91 Å². The molecule has 0 radical (unpaired) electrons. The molecular weight excluding hydrogens is 324 g/mol. The van der Waals surface area contributed by atoms with E-state index in [0.29, 0.717) is 15.9 Å². The molecule has 0 saturated carbocycles. The second-order valence-corrected chi connectivity index (χ2v) is 5.96. The Kier molecular flexibility index (Phi) is 4.67. The molecule has 0 aliphatic carbocycles. The average molecular weight is 341 g/mol. The van der Waals surface area contributed by atoms with Gasteiger partial charge in [-0.25, -0.2) is 0 Å².